The third-order valence-electron chi connectivity index (χ3n) is 14.4. The van der Waals surface area contributed by atoms with Crippen molar-refractivity contribution in [3.8, 4) is 44.5 Å². The molecule has 0 spiro atoms. The molecule has 0 saturated heterocycles. The summed E-state index contributed by atoms with van der Waals surface area (Å²) in [6.45, 7) is 0. The van der Waals surface area contributed by atoms with Crippen molar-refractivity contribution in [3.05, 3.63) is 288 Å². The van der Waals surface area contributed by atoms with E-state index in [1.165, 1.54) is 121 Å². The Morgan fingerprint density at radius 3 is 0.758 bits per heavy atom. The number of rotatable bonds is 6. The van der Waals surface area contributed by atoms with Crippen molar-refractivity contribution in [1.29, 1.82) is 0 Å². The topological polar surface area (TPSA) is 0 Å². The van der Waals surface area contributed by atoms with Gasteiger partial charge >= 0.3 is 0 Å². The number of benzene rings is 12. The Kier molecular flexibility index (Phi) is 8.93. The first kappa shape index (κ1) is 38.2. The summed E-state index contributed by atoms with van der Waals surface area (Å²) in [7, 11) is 0. The lowest BCUT2D eigenvalue weighted by atomic mass is 9.59. The van der Waals surface area contributed by atoms with Gasteiger partial charge in [-0.3, -0.25) is 0 Å². The molecule has 0 heterocycles. The highest BCUT2D eigenvalue weighted by Gasteiger charge is 2.43. The Labute approximate surface area is 385 Å². The van der Waals surface area contributed by atoms with Crippen molar-refractivity contribution < 1.29 is 0 Å². The van der Waals surface area contributed by atoms with E-state index < -0.39 is 5.41 Å². The van der Waals surface area contributed by atoms with Crippen molar-refractivity contribution in [1.82, 2.24) is 0 Å². The zero-order valence-electron chi connectivity index (χ0n) is 36.5. The lowest BCUT2D eigenvalue weighted by Gasteiger charge is -2.42. The summed E-state index contributed by atoms with van der Waals surface area (Å²) < 4.78 is 0. The summed E-state index contributed by atoms with van der Waals surface area (Å²) in [5.41, 5.74) is 17.4. The van der Waals surface area contributed by atoms with E-state index >= 15 is 0 Å². The standard InChI is InChI=1S/C66H44/c1-3-19-44(20-4-1)62-52-25-9-13-29-56(52)64(57-30-14-10-26-53(57)62)46-35-39-50(40-36-46)66(60-33-17-7-23-48(60)43-49-24-8-18-34-61(49)66)51-41-37-47(38-42-51)65-58-31-15-11-27-54(58)63(45-21-5-2-6-22-45)55-28-12-16-32-59(55)65/h1-42H,43H2. The van der Waals surface area contributed by atoms with Gasteiger partial charge in [0.2, 0.25) is 0 Å². The summed E-state index contributed by atoms with van der Waals surface area (Å²) in [5, 5.41) is 10.1. The van der Waals surface area contributed by atoms with E-state index in [-0.39, 0.29) is 0 Å². The molecule has 1 aliphatic rings. The molecule has 0 N–H and O–H groups in total. The molecule has 0 aliphatic heterocycles. The van der Waals surface area contributed by atoms with Gasteiger partial charge in [0.25, 0.3) is 0 Å². The smallest absolute Gasteiger partial charge is 0.0622 e. The van der Waals surface area contributed by atoms with Crippen LogP contribution in [-0.2, 0) is 11.8 Å². The summed E-state index contributed by atoms with van der Waals surface area (Å²) in [4.78, 5) is 0. The maximum Gasteiger partial charge on any atom is 0.0707 e. The minimum Gasteiger partial charge on any atom is -0.0622 e. The van der Waals surface area contributed by atoms with Crippen LogP contribution in [0.25, 0.3) is 87.6 Å². The second-order valence-electron chi connectivity index (χ2n) is 17.8. The molecule has 0 nitrogen and oxygen atoms in total. The molecule has 308 valence electrons. The summed E-state index contributed by atoms with van der Waals surface area (Å²) in [6.07, 6.45) is 0.905. The molecule has 12 aromatic carbocycles. The first-order valence-corrected chi connectivity index (χ1v) is 23.1. The maximum absolute atomic E-state index is 2.42. The van der Waals surface area contributed by atoms with Crippen LogP contribution in [0.3, 0.4) is 0 Å². The zero-order chi connectivity index (χ0) is 43.6. The molecule has 1 aliphatic carbocycles. The van der Waals surface area contributed by atoms with E-state index in [1.54, 1.807) is 0 Å². The van der Waals surface area contributed by atoms with Crippen LogP contribution >= 0.6 is 0 Å². The largest absolute Gasteiger partial charge is 0.0707 e. The lowest BCUT2D eigenvalue weighted by molar-refractivity contribution is 0.703. The van der Waals surface area contributed by atoms with E-state index in [2.05, 4.69) is 255 Å². The van der Waals surface area contributed by atoms with E-state index in [9.17, 15) is 0 Å². The van der Waals surface area contributed by atoms with Crippen LogP contribution in [0.5, 0.6) is 0 Å². The third kappa shape index (κ3) is 5.78. The van der Waals surface area contributed by atoms with Crippen molar-refractivity contribution in [2.75, 3.05) is 0 Å². The molecule has 13 rings (SSSR count). The molecule has 0 unspecified atom stereocenters. The van der Waals surface area contributed by atoms with Crippen molar-refractivity contribution >= 4 is 43.1 Å². The number of hydrogen-bond donors (Lipinski definition) is 0. The van der Waals surface area contributed by atoms with Gasteiger partial charge in [0.15, 0.2) is 0 Å². The highest BCUT2D eigenvalue weighted by Crippen LogP contribution is 2.53. The first-order chi connectivity index (χ1) is 32.8. The van der Waals surface area contributed by atoms with Crippen molar-refractivity contribution in [3.63, 3.8) is 0 Å². The fraction of sp³-hybridized carbons (Fsp3) is 0.0303. The third-order valence-corrected chi connectivity index (χ3v) is 14.4. The predicted octanol–water partition coefficient (Wildman–Crippen LogP) is 17.3. The molecule has 0 saturated carbocycles. The van der Waals surface area contributed by atoms with Crippen LogP contribution in [0.4, 0.5) is 0 Å². The molecule has 0 heteroatoms. The Morgan fingerprint density at radius 2 is 0.455 bits per heavy atom. The van der Waals surface area contributed by atoms with E-state index in [1.807, 2.05) is 0 Å². The Bertz CT molecular complexity index is 3440. The quantitative estimate of drug-likeness (QED) is 0.146. The normalized spacial score (nSPS) is 12.9. The van der Waals surface area contributed by atoms with E-state index in [0.717, 1.165) is 6.42 Å². The summed E-state index contributed by atoms with van der Waals surface area (Å²) >= 11 is 0. The number of hydrogen-bond acceptors (Lipinski definition) is 0. The fourth-order valence-electron chi connectivity index (χ4n) is 11.7. The van der Waals surface area contributed by atoms with E-state index in [4.69, 9.17) is 0 Å². The number of fused-ring (bicyclic) bond motifs is 6. The fourth-order valence-corrected chi connectivity index (χ4v) is 11.7. The van der Waals surface area contributed by atoms with Gasteiger partial charge in [-0.2, -0.15) is 0 Å². The van der Waals surface area contributed by atoms with Crippen molar-refractivity contribution in [2.45, 2.75) is 11.8 Å². The molecule has 0 radical (unpaired) electrons. The first-order valence-electron chi connectivity index (χ1n) is 23.1. The summed E-state index contributed by atoms with van der Waals surface area (Å²) in [5.74, 6) is 0. The molecule has 0 aromatic heterocycles. The molecule has 0 atom stereocenters. The Balaban J connectivity index is 1.02. The monoisotopic (exact) mass is 836 g/mol. The van der Waals surface area contributed by atoms with Gasteiger partial charge in [0.1, 0.15) is 0 Å². The molecule has 0 amide bonds. The second kappa shape index (κ2) is 15.4. The van der Waals surface area contributed by atoms with Gasteiger partial charge < -0.3 is 0 Å². The molecule has 0 bridgehead atoms. The molecular formula is C66H44. The van der Waals surface area contributed by atoms with E-state index in [0.29, 0.717) is 0 Å². The molecule has 0 fully saturated rings. The van der Waals surface area contributed by atoms with Gasteiger partial charge in [-0.25, -0.2) is 0 Å². The highest BCUT2D eigenvalue weighted by atomic mass is 14.4. The minimum atomic E-state index is -0.550. The van der Waals surface area contributed by atoms with Gasteiger partial charge in [0, 0.05) is 0 Å². The summed E-state index contributed by atoms with van der Waals surface area (Å²) in [6, 6.07) is 95.0. The van der Waals surface area contributed by atoms with Crippen LogP contribution < -0.4 is 0 Å². The molecule has 12 aromatic rings. The average molecular weight is 837 g/mol. The van der Waals surface area contributed by atoms with Crippen LogP contribution in [0.2, 0.25) is 0 Å². The van der Waals surface area contributed by atoms with Crippen molar-refractivity contribution in [2.24, 2.45) is 0 Å². The second-order valence-corrected chi connectivity index (χ2v) is 17.8. The van der Waals surface area contributed by atoms with Crippen LogP contribution in [-0.4, -0.2) is 0 Å². The van der Waals surface area contributed by atoms with Gasteiger partial charge in [-0.15, -0.1) is 0 Å². The SMILES string of the molecule is c1ccc(-c2c3ccccc3c(-c3ccc(C4(c5ccc(-c6c7ccccc7c(-c7ccccc7)c7ccccc67)cc5)c5ccccc5Cc5ccccc54)cc3)c3ccccc23)cc1. The van der Waals surface area contributed by atoms with Gasteiger partial charge in [-0.05, 0) is 127 Å². The Morgan fingerprint density at radius 1 is 0.212 bits per heavy atom. The van der Waals surface area contributed by atoms with Crippen LogP contribution in [0, 0.1) is 0 Å². The average Bonchev–Trinajstić information content (AvgIpc) is 3.39. The molecule has 66 heavy (non-hydrogen) atoms. The lowest BCUT2D eigenvalue weighted by Crippen LogP contribution is -2.36. The van der Waals surface area contributed by atoms with Gasteiger partial charge in [-0.1, -0.05) is 255 Å². The van der Waals surface area contributed by atoms with Gasteiger partial charge in [0.05, 0.1) is 5.41 Å². The minimum absolute atomic E-state index is 0.550. The predicted molar refractivity (Wildman–Crippen MR) is 279 cm³/mol. The zero-order valence-corrected chi connectivity index (χ0v) is 36.5. The van der Waals surface area contributed by atoms with Crippen LogP contribution in [0.15, 0.2) is 255 Å². The Hall–Kier alpha value is -8.32. The highest BCUT2D eigenvalue weighted by molar-refractivity contribution is 6.22. The van der Waals surface area contributed by atoms with Crippen LogP contribution in [0.1, 0.15) is 33.4 Å². The molecular weight excluding hydrogens is 793 g/mol. The maximum atomic E-state index is 2.42.